The average Bonchev–Trinajstić information content (AvgIpc) is 2.93. The van der Waals surface area contributed by atoms with Crippen LogP contribution in [0.2, 0.25) is 0 Å². The predicted molar refractivity (Wildman–Crippen MR) is 88.3 cm³/mol. The Kier molecular flexibility index (Phi) is 5.67. The van der Waals surface area contributed by atoms with E-state index in [0.29, 0.717) is 6.04 Å². The maximum Gasteiger partial charge on any atom is 0.0233 e. The molecule has 2 unspecified atom stereocenters. The molecular formula is C18H29N3. The van der Waals surface area contributed by atoms with Gasteiger partial charge in [0.1, 0.15) is 0 Å². The summed E-state index contributed by atoms with van der Waals surface area (Å²) in [6.45, 7) is 7.15. The third-order valence-electron chi connectivity index (χ3n) is 4.86. The first-order chi connectivity index (χ1) is 10.4. The van der Waals surface area contributed by atoms with Gasteiger partial charge >= 0.3 is 0 Å². The summed E-state index contributed by atoms with van der Waals surface area (Å²) in [5.74, 6) is 0.816. The molecule has 0 aromatic heterocycles. The lowest BCUT2D eigenvalue weighted by Gasteiger charge is -2.25. The molecule has 0 bridgehead atoms. The molecule has 116 valence electrons. The third-order valence-corrected chi connectivity index (χ3v) is 4.86. The van der Waals surface area contributed by atoms with E-state index >= 15 is 0 Å². The van der Waals surface area contributed by atoms with Gasteiger partial charge in [-0.2, -0.15) is 0 Å². The zero-order valence-corrected chi connectivity index (χ0v) is 13.1. The summed E-state index contributed by atoms with van der Waals surface area (Å²) in [5, 5.41) is 7.22. The monoisotopic (exact) mass is 287 g/mol. The van der Waals surface area contributed by atoms with Crippen LogP contribution in [0.4, 0.5) is 0 Å². The van der Waals surface area contributed by atoms with Gasteiger partial charge in [0.25, 0.3) is 0 Å². The number of benzene rings is 1. The first-order valence-corrected chi connectivity index (χ1v) is 8.60. The molecule has 0 amide bonds. The highest BCUT2D eigenvalue weighted by atomic mass is 15.1. The molecule has 2 N–H and O–H groups in total. The summed E-state index contributed by atoms with van der Waals surface area (Å²) >= 11 is 0. The molecule has 2 fully saturated rings. The second kappa shape index (κ2) is 7.92. The van der Waals surface area contributed by atoms with E-state index < -0.39 is 0 Å². The Hall–Kier alpha value is -0.900. The lowest BCUT2D eigenvalue weighted by Crippen LogP contribution is -2.38. The van der Waals surface area contributed by atoms with Gasteiger partial charge in [0.15, 0.2) is 0 Å². The van der Waals surface area contributed by atoms with Crippen LogP contribution in [0.1, 0.15) is 31.2 Å². The van der Waals surface area contributed by atoms with Gasteiger partial charge in [-0.05, 0) is 50.4 Å². The predicted octanol–water partition coefficient (Wildman–Crippen LogP) is 2.24. The van der Waals surface area contributed by atoms with E-state index in [-0.39, 0.29) is 0 Å². The average molecular weight is 287 g/mol. The maximum atomic E-state index is 3.77. The van der Waals surface area contributed by atoms with Crippen LogP contribution in [-0.4, -0.2) is 43.7 Å². The first-order valence-electron chi connectivity index (χ1n) is 8.60. The van der Waals surface area contributed by atoms with Crippen LogP contribution in [0.15, 0.2) is 30.3 Å². The summed E-state index contributed by atoms with van der Waals surface area (Å²) in [7, 11) is 0. The molecule has 2 heterocycles. The molecule has 0 aliphatic carbocycles. The quantitative estimate of drug-likeness (QED) is 0.870. The molecule has 21 heavy (non-hydrogen) atoms. The molecule has 3 rings (SSSR count). The highest BCUT2D eigenvalue weighted by molar-refractivity contribution is 5.14. The second-order valence-corrected chi connectivity index (χ2v) is 6.68. The van der Waals surface area contributed by atoms with Gasteiger partial charge in [-0.15, -0.1) is 0 Å². The van der Waals surface area contributed by atoms with Crippen molar-refractivity contribution in [3.63, 3.8) is 0 Å². The number of likely N-dealkylation sites (tertiary alicyclic amines) is 1. The molecule has 1 aromatic rings. The summed E-state index contributed by atoms with van der Waals surface area (Å²) < 4.78 is 0. The van der Waals surface area contributed by atoms with Crippen molar-refractivity contribution in [1.29, 1.82) is 0 Å². The third kappa shape index (κ3) is 4.80. The molecular weight excluding hydrogens is 258 g/mol. The summed E-state index contributed by atoms with van der Waals surface area (Å²) in [6.07, 6.45) is 5.42. The summed E-state index contributed by atoms with van der Waals surface area (Å²) in [6, 6.07) is 11.6. The van der Waals surface area contributed by atoms with Crippen molar-refractivity contribution in [2.24, 2.45) is 5.92 Å². The Morgan fingerprint density at radius 3 is 2.86 bits per heavy atom. The molecule has 1 aromatic carbocycles. The van der Waals surface area contributed by atoms with E-state index in [1.54, 1.807) is 0 Å². The minimum atomic E-state index is 0.704. The molecule has 0 saturated carbocycles. The van der Waals surface area contributed by atoms with Crippen molar-refractivity contribution in [3.8, 4) is 0 Å². The number of nitrogens with one attached hydrogen (secondary N) is 2. The number of nitrogens with zero attached hydrogens (tertiary/aromatic N) is 1. The Morgan fingerprint density at radius 1 is 1.14 bits per heavy atom. The van der Waals surface area contributed by atoms with E-state index in [2.05, 4.69) is 45.9 Å². The van der Waals surface area contributed by atoms with E-state index in [1.807, 2.05) is 0 Å². The van der Waals surface area contributed by atoms with Crippen LogP contribution in [0.5, 0.6) is 0 Å². The van der Waals surface area contributed by atoms with E-state index in [1.165, 1.54) is 57.4 Å². The van der Waals surface area contributed by atoms with Crippen LogP contribution in [0.3, 0.4) is 0 Å². The minimum absolute atomic E-state index is 0.704. The van der Waals surface area contributed by atoms with Crippen molar-refractivity contribution >= 4 is 0 Å². The van der Waals surface area contributed by atoms with Gasteiger partial charge in [0.05, 0.1) is 0 Å². The Morgan fingerprint density at radius 2 is 2.05 bits per heavy atom. The largest absolute Gasteiger partial charge is 0.315 e. The van der Waals surface area contributed by atoms with E-state index in [0.717, 1.165) is 19.0 Å². The highest BCUT2D eigenvalue weighted by Gasteiger charge is 2.20. The van der Waals surface area contributed by atoms with Crippen molar-refractivity contribution < 1.29 is 0 Å². The van der Waals surface area contributed by atoms with Crippen molar-refractivity contribution in [1.82, 2.24) is 15.5 Å². The zero-order chi connectivity index (χ0) is 14.3. The van der Waals surface area contributed by atoms with Gasteiger partial charge in [-0.3, -0.25) is 4.90 Å². The van der Waals surface area contributed by atoms with Crippen molar-refractivity contribution in [2.45, 2.75) is 38.3 Å². The Balaban J connectivity index is 1.48. The second-order valence-electron chi connectivity index (χ2n) is 6.68. The molecule has 3 nitrogen and oxygen atoms in total. The lowest BCUT2D eigenvalue weighted by molar-refractivity contribution is 0.235. The molecule has 2 aliphatic rings. The first kappa shape index (κ1) is 15.0. The fourth-order valence-corrected chi connectivity index (χ4v) is 3.63. The van der Waals surface area contributed by atoms with Crippen LogP contribution >= 0.6 is 0 Å². The van der Waals surface area contributed by atoms with Crippen LogP contribution < -0.4 is 10.6 Å². The topological polar surface area (TPSA) is 27.3 Å². The molecule has 3 heteroatoms. The van der Waals surface area contributed by atoms with Gasteiger partial charge in [0, 0.05) is 25.7 Å². The van der Waals surface area contributed by atoms with Crippen LogP contribution in [-0.2, 0) is 6.54 Å². The molecule has 2 saturated heterocycles. The fraction of sp³-hybridized carbons (Fsp3) is 0.667. The Bertz CT molecular complexity index is 400. The number of hydrogen-bond acceptors (Lipinski definition) is 3. The summed E-state index contributed by atoms with van der Waals surface area (Å²) in [5.41, 5.74) is 1.45. The minimum Gasteiger partial charge on any atom is -0.315 e. The maximum absolute atomic E-state index is 3.77. The van der Waals surface area contributed by atoms with E-state index in [4.69, 9.17) is 0 Å². The Labute approximate surface area is 129 Å². The molecule has 2 atom stereocenters. The molecule has 0 radical (unpaired) electrons. The van der Waals surface area contributed by atoms with Crippen LogP contribution in [0, 0.1) is 5.92 Å². The van der Waals surface area contributed by atoms with Crippen molar-refractivity contribution in [3.05, 3.63) is 35.9 Å². The summed E-state index contributed by atoms with van der Waals surface area (Å²) in [4.78, 5) is 2.65. The van der Waals surface area contributed by atoms with E-state index in [9.17, 15) is 0 Å². The lowest BCUT2D eigenvalue weighted by atomic mass is 10.0. The molecule has 0 spiro atoms. The van der Waals surface area contributed by atoms with Gasteiger partial charge < -0.3 is 10.6 Å². The fourth-order valence-electron chi connectivity index (χ4n) is 3.63. The van der Waals surface area contributed by atoms with Gasteiger partial charge in [-0.25, -0.2) is 0 Å². The SMILES string of the molecule is c1ccc(CN2CCCCC(CNC3CCNC3)C2)cc1. The number of rotatable bonds is 5. The van der Waals surface area contributed by atoms with Crippen molar-refractivity contribution in [2.75, 3.05) is 32.7 Å². The standard InChI is InChI=1S/C18H29N3/c1-2-6-16(7-3-1)14-21-11-5-4-8-17(15-21)12-20-18-9-10-19-13-18/h1-3,6-7,17-20H,4-5,8-15H2. The van der Waals surface area contributed by atoms with Gasteiger partial charge in [-0.1, -0.05) is 36.8 Å². The smallest absolute Gasteiger partial charge is 0.0233 e. The van der Waals surface area contributed by atoms with Gasteiger partial charge in [0.2, 0.25) is 0 Å². The normalized spacial score (nSPS) is 27.6. The number of hydrogen-bond donors (Lipinski definition) is 2. The zero-order valence-electron chi connectivity index (χ0n) is 13.1. The molecule has 2 aliphatic heterocycles. The van der Waals surface area contributed by atoms with Crippen LogP contribution in [0.25, 0.3) is 0 Å². The highest BCUT2D eigenvalue weighted by Crippen LogP contribution is 2.18.